The van der Waals surface area contributed by atoms with Crippen LogP contribution in [0, 0.1) is 11.8 Å². The van der Waals surface area contributed by atoms with Crippen molar-refractivity contribution >= 4 is 26.2 Å². The zero-order chi connectivity index (χ0) is 28.1. The van der Waals surface area contributed by atoms with Crippen molar-refractivity contribution in [3.8, 4) is 0 Å². The first-order valence-electron chi connectivity index (χ1n) is 12.3. The number of esters is 2. The molecule has 0 heterocycles. The molecule has 218 valence electrons. The number of ether oxygens (including phenoxy) is 4. The maximum Gasteiger partial charge on any atom is 0.474 e. The lowest BCUT2D eigenvalue weighted by molar-refractivity contribution is -0.161. The molecule has 2 N–H and O–H groups in total. The fourth-order valence-corrected chi connectivity index (χ4v) is 3.65. The molecule has 0 rings (SSSR count). The molecule has 3 atom stereocenters. The Morgan fingerprint density at radius 2 is 1.35 bits per heavy atom. The number of nitrogens with one attached hydrogen (secondary N) is 2. The van der Waals surface area contributed by atoms with E-state index in [0.717, 1.165) is 20.2 Å². The smallest absolute Gasteiger partial charge is 0.462 e. The highest BCUT2D eigenvalue weighted by Crippen LogP contribution is 2.48. The van der Waals surface area contributed by atoms with Crippen molar-refractivity contribution < 1.29 is 51.5 Å². The minimum Gasteiger partial charge on any atom is -0.462 e. The summed E-state index contributed by atoms with van der Waals surface area (Å²) in [6.07, 6.45) is -1.69. The van der Waals surface area contributed by atoms with E-state index in [0.29, 0.717) is 24.9 Å². The van der Waals surface area contributed by atoms with Gasteiger partial charge in [-0.3, -0.25) is 28.0 Å². The van der Waals surface area contributed by atoms with Crippen LogP contribution in [0.3, 0.4) is 0 Å². The molecule has 0 fully saturated rings. The number of carbonyl (C=O) groups excluding carboxylic acids is 3. The van der Waals surface area contributed by atoms with Crippen molar-refractivity contribution in [3.05, 3.63) is 0 Å². The number of carbonyl (C=O) groups is 3. The van der Waals surface area contributed by atoms with Gasteiger partial charge in [0.1, 0.15) is 12.7 Å². The molecule has 0 amide bonds. The molecule has 0 spiro atoms. The predicted molar refractivity (Wildman–Crippen MR) is 135 cm³/mol. The van der Waals surface area contributed by atoms with Gasteiger partial charge in [-0.15, -0.1) is 0 Å². The van der Waals surface area contributed by atoms with Crippen molar-refractivity contribution in [2.45, 2.75) is 52.7 Å². The molecule has 0 aliphatic carbocycles. The summed E-state index contributed by atoms with van der Waals surface area (Å²) in [5, 5.41) is 6.27. The number of phosphoric acid groups is 1. The van der Waals surface area contributed by atoms with Crippen LogP contribution in [0.4, 0.5) is 0 Å². The Hall–Kier alpha value is -1.60. The third-order valence-electron chi connectivity index (χ3n) is 4.51. The van der Waals surface area contributed by atoms with Crippen molar-refractivity contribution in [1.82, 2.24) is 10.6 Å². The highest BCUT2D eigenvalue weighted by molar-refractivity contribution is 7.48. The van der Waals surface area contributed by atoms with E-state index in [1.165, 1.54) is 7.11 Å². The van der Waals surface area contributed by atoms with Crippen LogP contribution in [-0.4, -0.2) is 97.4 Å². The summed E-state index contributed by atoms with van der Waals surface area (Å²) in [7, 11) is -1.62. The number of rotatable bonds is 24. The van der Waals surface area contributed by atoms with Gasteiger partial charge >= 0.3 is 19.8 Å². The first kappa shape index (κ1) is 35.4. The second-order valence-corrected chi connectivity index (χ2v) is 10.8. The van der Waals surface area contributed by atoms with Gasteiger partial charge in [-0.05, 0) is 24.9 Å². The molecule has 37 heavy (non-hydrogen) atoms. The molecule has 0 bridgehead atoms. The molecule has 0 aliphatic heterocycles. The molecule has 0 radical (unpaired) electrons. The second-order valence-electron chi connectivity index (χ2n) is 9.02. The van der Waals surface area contributed by atoms with Crippen molar-refractivity contribution in [3.63, 3.8) is 0 Å². The SMILES string of the molecule is COCC(COP(=O)(OC)OCC(COC(=O)CCNCC(C)C)OC(=O)CCNCC(C)C)OC=O. The Kier molecular flexibility index (Phi) is 20.4. The summed E-state index contributed by atoms with van der Waals surface area (Å²) < 4.78 is 48.5. The largest absolute Gasteiger partial charge is 0.474 e. The minimum atomic E-state index is -4.12. The zero-order valence-electron chi connectivity index (χ0n) is 22.9. The van der Waals surface area contributed by atoms with Crippen LogP contribution in [0.1, 0.15) is 40.5 Å². The Bertz CT molecular complexity index is 679. The third kappa shape index (κ3) is 20.1. The first-order chi connectivity index (χ1) is 17.5. The van der Waals surface area contributed by atoms with Crippen LogP contribution < -0.4 is 10.6 Å². The Labute approximate surface area is 220 Å². The quantitative estimate of drug-likeness (QED) is 0.0582. The van der Waals surface area contributed by atoms with E-state index >= 15 is 0 Å². The van der Waals surface area contributed by atoms with Gasteiger partial charge in [0.05, 0.1) is 32.7 Å². The summed E-state index contributed by atoms with van der Waals surface area (Å²) in [5.41, 5.74) is 0. The Morgan fingerprint density at radius 1 is 0.811 bits per heavy atom. The monoisotopic (exact) mass is 556 g/mol. The van der Waals surface area contributed by atoms with Crippen LogP contribution in [0.5, 0.6) is 0 Å². The van der Waals surface area contributed by atoms with Gasteiger partial charge in [0.25, 0.3) is 6.47 Å². The summed E-state index contributed by atoms with van der Waals surface area (Å²) >= 11 is 0. The Morgan fingerprint density at radius 3 is 1.84 bits per heavy atom. The van der Waals surface area contributed by atoms with E-state index in [2.05, 4.69) is 24.5 Å². The summed E-state index contributed by atoms with van der Waals surface area (Å²) in [4.78, 5) is 35.0. The van der Waals surface area contributed by atoms with Crippen LogP contribution in [0.2, 0.25) is 0 Å². The first-order valence-corrected chi connectivity index (χ1v) is 13.8. The molecule has 13 nitrogen and oxygen atoms in total. The van der Waals surface area contributed by atoms with Gasteiger partial charge in [0.15, 0.2) is 6.10 Å². The number of hydrogen-bond acceptors (Lipinski definition) is 13. The average Bonchev–Trinajstić information content (AvgIpc) is 2.84. The van der Waals surface area contributed by atoms with E-state index in [9.17, 15) is 18.9 Å². The summed E-state index contributed by atoms with van der Waals surface area (Å²) in [5.74, 6) is -0.168. The van der Waals surface area contributed by atoms with Gasteiger partial charge in [0.2, 0.25) is 0 Å². The van der Waals surface area contributed by atoms with Gasteiger partial charge in [-0.1, -0.05) is 27.7 Å². The maximum atomic E-state index is 12.8. The van der Waals surface area contributed by atoms with E-state index in [1.807, 2.05) is 13.8 Å². The summed E-state index contributed by atoms with van der Waals surface area (Å²) in [6.45, 7) is 9.69. The van der Waals surface area contributed by atoms with Crippen molar-refractivity contribution in [1.29, 1.82) is 0 Å². The van der Waals surface area contributed by atoms with Crippen molar-refractivity contribution in [2.75, 3.05) is 66.8 Å². The van der Waals surface area contributed by atoms with Gasteiger partial charge in [-0.2, -0.15) is 0 Å². The molecule has 3 unspecified atom stereocenters. The molecule has 0 aromatic carbocycles. The van der Waals surface area contributed by atoms with Crippen LogP contribution in [0.25, 0.3) is 0 Å². The Balaban J connectivity index is 4.95. The van der Waals surface area contributed by atoms with E-state index in [1.54, 1.807) is 0 Å². The minimum absolute atomic E-state index is 0.00445. The molecular formula is C23H45N2O11P. The highest BCUT2D eigenvalue weighted by atomic mass is 31.2. The fourth-order valence-electron chi connectivity index (χ4n) is 2.66. The number of hydrogen-bond donors (Lipinski definition) is 2. The molecule has 0 aromatic rings. The van der Waals surface area contributed by atoms with E-state index in [4.69, 9.17) is 32.5 Å². The lowest BCUT2D eigenvalue weighted by Crippen LogP contribution is -2.32. The molecule has 0 aromatic heterocycles. The lowest BCUT2D eigenvalue weighted by atomic mass is 10.2. The average molecular weight is 557 g/mol. The maximum absolute atomic E-state index is 12.8. The van der Waals surface area contributed by atoms with E-state index in [-0.39, 0.29) is 39.1 Å². The van der Waals surface area contributed by atoms with Crippen molar-refractivity contribution in [2.24, 2.45) is 11.8 Å². The lowest BCUT2D eigenvalue weighted by Gasteiger charge is -2.22. The second kappa shape index (κ2) is 21.3. The summed E-state index contributed by atoms with van der Waals surface area (Å²) in [6, 6.07) is 0. The number of phosphoric ester groups is 1. The zero-order valence-corrected chi connectivity index (χ0v) is 23.8. The van der Waals surface area contributed by atoms with Gasteiger partial charge < -0.3 is 29.6 Å². The molecular weight excluding hydrogens is 511 g/mol. The standard InChI is InChI=1S/C23H45N2O11P/c1-18(2)11-24-9-7-22(27)32-14-21(36-23(28)8-10-25-12-19(3)4)16-35-37(29,31-6)34-15-20(13-30-5)33-17-26/h17-21,24-25H,7-16H2,1-6H3. The molecule has 0 saturated heterocycles. The number of methoxy groups -OCH3 is 1. The molecule has 14 heteroatoms. The highest BCUT2D eigenvalue weighted by Gasteiger charge is 2.30. The van der Waals surface area contributed by atoms with E-state index < -0.39 is 38.6 Å². The fraction of sp³-hybridized carbons (Fsp3) is 0.870. The topological polar surface area (TPSA) is 157 Å². The molecule has 0 saturated carbocycles. The van der Waals surface area contributed by atoms with Crippen LogP contribution in [-0.2, 0) is 51.5 Å². The third-order valence-corrected chi connectivity index (χ3v) is 5.88. The normalized spacial score (nSPS) is 14.7. The van der Waals surface area contributed by atoms with Crippen LogP contribution in [0.15, 0.2) is 0 Å². The predicted octanol–water partition coefficient (Wildman–Crippen LogP) is 1.69. The molecule has 0 aliphatic rings. The van der Waals surface area contributed by atoms with Gasteiger partial charge in [-0.25, -0.2) is 4.57 Å². The van der Waals surface area contributed by atoms with Gasteiger partial charge in [0, 0.05) is 27.3 Å². The van der Waals surface area contributed by atoms with Crippen LogP contribution >= 0.6 is 7.82 Å².